The molecular weight excluding hydrogens is 368 g/mol. The lowest BCUT2D eigenvalue weighted by molar-refractivity contribution is 0.0939. The van der Waals surface area contributed by atoms with Gasteiger partial charge in [-0.25, -0.2) is 0 Å². The molecule has 1 heterocycles. The Bertz CT molecular complexity index is 973. The van der Waals surface area contributed by atoms with Crippen molar-refractivity contribution in [1.82, 2.24) is 10.5 Å². The van der Waals surface area contributed by atoms with E-state index < -0.39 is 0 Å². The molecule has 0 aliphatic rings. The number of ether oxygens (including phenoxy) is 2. The number of carbonyl (C=O) groups is 1. The summed E-state index contributed by atoms with van der Waals surface area (Å²) in [6.07, 6.45) is 0. The van der Waals surface area contributed by atoms with E-state index in [-0.39, 0.29) is 11.9 Å². The number of benzene rings is 2. The van der Waals surface area contributed by atoms with E-state index in [1.165, 1.54) is 0 Å². The largest absolute Gasteiger partial charge is 0.496 e. The van der Waals surface area contributed by atoms with Crippen molar-refractivity contribution in [2.45, 2.75) is 40.3 Å². The number of methoxy groups -OCH3 is 1. The smallest absolute Gasteiger partial charge is 0.251 e. The van der Waals surface area contributed by atoms with Gasteiger partial charge in [-0.2, -0.15) is 0 Å². The number of rotatable bonds is 7. The fourth-order valence-corrected chi connectivity index (χ4v) is 3.12. The number of aryl methyl sites for hydroxylation is 3. The van der Waals surface area contributed by atoms with Crippen LogP contribution in [0.25, 0.3) is 0 Å². The Morgan fingerprint density at radius 2 is 1.86 bits per heavy atom. The highest BCUT2D eigenvalue weighted by molar-refractivity contribution is 5.94. The maximum Gasteiger partial charge on any atom is 0.251 e. The van der Waals surface area contributed by atoms with E-state index >= 15 is 0 Å². The van der Waals surface area contributed by atoms with Crippen LogP contribution < -0.4 is 14.8 Å². The summed E-state index contributed by atoms with van der Waals surface area (Å²) in [6.45, 7) is 8.06. The molecule has 0 aliphatic carbocycles. The first-order chi connectivity index (χ1) is 13.9. The molecule has 6 heteroatoms. The van der Waals surface area contributed by atoms with Crippen LogP contribution >= 0.6 is 0 Å². The quantitative estimate of drug-likeness (QED) is 0.630. The summed E-state index contributed by atoms with van der Waals surface area (Å²) in [5.74, 6) is 2.03. The number of nitrogens with one attached hydrogen (secondary N) is 1. The van der Waals surface area contributed by atoms with Gasteiger partial charge in [0.15, 0.2) is 0 Å². The number of carbonyl (C=O) groups excluding carboxylic acids is 1. The van der Waals surface area contributed by atoms with E-state index in [0.717, 1.165) is 33.9 Å². The minimum atomic E-state index is -0.187. The van der Waals surface area contributed by atoms with Crippen LogP contribution in [0.1, 0.15) is 51.5 Å². The van der Waals surface area contributed by atoms with Crippen LogP contribution in [-0.4, -0.2) is 18.2 Å². The molecule has 0 saturated carbocycles. The summed E-state index contributed by atoms with van der Waals surface area (Å²) in [6, 6.07) is 12.8. The average Bonchev–Trinajstić information content (AvgIpc) is 3.04. The number of nitrogens with zero attached hydrogens (tertiary/aromatic N) is 1. The molecule has 0 fully saturated rings. The molecule has 2 aromatic carbocycles. The molecule has 1 atom stereocenters. The minimum absolute atomic E-state index is 0.154. The predicted molar refractivity (Wildman–Crippen MR) is 110 cm³/mol. The first-order valence-electron chi connectivity index (χ1n) is 9.49. The topological polar surface area (TPSA) is 73.6 Å². The minimum Gasteiger partial charge on any atom is -0.496 e. The molecule has 152 valence electrons. The van der Waals surface area contributed by atoms with Crippen LogP contribution in [0.2, 0.25) is 0 Å². The van der Waals surface area contributed by atoms with Crippen molar-refractivity contribution in [3.63, 3.8) is 0 Å². The van der Waals surface area contributed by atoms with Crippen molar-refractivity contribution in [1.29, 1.82) is 0 Å². The SMILES string of the molecule is COc1ccc(C)cc1C(C)NC(=O)c1ccc(OCc2c(C)noc2C)cc1. The Morgan fingerprint density at radius 1 is 1.14 bits per heavy atom. The van der Waals surface area contributed by atoms with Crippen molar-refractivity contribution >= 4 is 5.91 Å². The van der Waals surface area contributed by atoms with Crippen LogP contribution in [0.15, 0.2) is 47.0 Å². The lowest BCUT2D eigenvalue weighted by Crippen LogP contribution is -2.27. The molecule has 0 aliphatic heterocycles. The van der Waals surface area contributed by atoms with Gasteiger partial charge in [0.1, 0.15) is 23.9 Å². The van der Waals surface area contributed by atoms with Crippen LogP contribution in [0.3, 0.4) is 0 Å². The van der Waals surface area contributed by atoms with Crippen molar-refractivity contribution < 1.29 is 18.8 Å². The van der Waals surface area contributed by atoms with Gasteiger partial charge in [0.05, 0.1) is 24.4 Å². The summed E-state index contributed by atoms with van der Waals surface area (Å²) in [4.78, 5) is 12.6. The highest BCUT2D eigenvalue weighted by Gasteiger charge is 2.16. The van der Waals surface area contributed by atoms with Gasteiger partial charge in [0, 0.05) is 11.1 Å². The number of hydrogen-bond donors (Lipinski definition) is 1. The molecule has 6 nitrogen and oxygen atoms in total. The Balaban J connectivity index is 1.64. The Labute approximate surface area is 170 Å². The van der Waals surface area contributed by atoms with Gasteiger partial charge in [-0.1, -0.05) is 22.9 Å². The Hall–Kier alpha value is -3.28. The molecule has 0 spiro atoms. The van der Waals surface area contributed by atoms with Crippen LogP contribution in [0, 0.1) is 20.8 Å². The maximum absolute atomic E-state index is 12.6. The molecule has 0 bridgehead atoms. The van der Waals surface area contributed by atoms with Gasteiger partial charge in [-0.3, -0.25) is 4.79 Å². The lowest BCUT2D eigenvalue weighted by atomic mass is 10.0. The van der Waals surface area contributed by atoms with Gasteiger partial charge in [-0.05, 0) is 58.0 Å². The van der Waals surface area contributed by atoms with Gasteiger partial charge in [-0.15, -0.1) is 0 Å². The van der Waals surface area contributed by atoms with E-state index in [0.29, 0.717) is 17.9 Å². The van der Waals surface area contributed by atoms with E-state index in [1.807, 2.05) is 45.9 Å². The summed E-state index contributed by atoms with van der Waals surface area (Å²) in [5.41, 5.74) is 4.38. The normalized spacial score (nSPS) is 11.8. The number of amides is 1. The highest BCUT2D eigenvalue weighted by atomic mass is 16.5. The fraction of sp³-hybridized carbons (Fsp3) is 0.304. The monoisotopic (exact) mass is 394 g/mol. The first kappa shape index (κ1) is 20.5. The molecular formula is C23H26N2O4. The second-order valence-corrected chi connectivity index (χ2v) is 7.06. The Kier molecular flexibility index (Phi) is 6.22. The molecule has 1 unspecified atom stereocenters. The molecule has 29 heavy (non-hydrogen) atoms. The summed E-state index contributed by atoms with van der Waals surface area (Å²) < 4.78 is 16.4. The standard InChI is InChI=1S/C23H26N2O4/c1-14-6-11-22(27-5)20(12-14)15(2)24-23(26)18-7-9-19(10-8-18)28-13-21-16(3)25-29-17(21)4/h6-12,15H,13H2,1-5H3,(H,24,26). The zero-order valence-electron chi connectivity index (χ0n) is 17.4. The summed E-state index contributed by atoms with van der Waals surface area (Å²) >= 11 is 0. The fourth-order valence-electron chi connectivity index (χ4n) is 3.12. The van der Waals surface area contributed by atoms with Crippen molar-refractivity contribution in [3.05, 3.63) is 76.2 Å². The highest BCUT2D eigenvalue weighted by Crippen LogP contribution is 2.26. The molecule has 3 aromatic rings. The zero-order chi connectivity index (χ0) is 21.0. The van der Waals surface area contributed by atoms with Gasteiger partial charge >= 0.3 is 0 Å². The molecule has 0 saturated heterocycles. The second-order valence-electron chi connectivity index (χ2n) is 7.06. The number of aromatic nitrogens is 1. The summed E-state index contributed by atoms with van der Waals surface area (Å²) in [5, 5.41) is 6.94. The van der Waals surface area contributed by atoms with Gasteiger partial charge in [0.2, 0.25) is 0 Å². The van der Waals surface area contributed by atoms with Crippen LogP contribution in [-0.2, 0) is 6.61 Å². The average molecular weight is 394 g/mol. The molecule has 0 radical (unpaired) electrons. The lowest BCUT2D eigenvalue weighted by Gasteiger charge is -2.18. The molecule has 1 aromatic heterocycles. The van der Waals surface area contributed by atoms with E-state index in [9.17, 15) is 4.79 Å². The zero-order valence-corrected chi connectivity index (χ0v) is 17.4. The summed E-state index contributed by atoms with van der Waals surface area (Å²) in [7, 11) is 1.63. The second kappa shape index (κ2) is 8.82. The van der Waals surface area contributed by atoms with E-state index in [1.54, 1.807) is 31.4 Å². The molecule has 1 N–H and O–H groups in total. The predicted octanol–water partition coefficient (Wildman–Crippen LogP) is 4.68. The van der Waals surface area contributed by atoms with Crippen LogP contribution in [0.5, 0.6) is 11.5 Å². The maximum atomic E-state index is 12.6. The van der Waals surface area contributed by atoms with Crippen molar-refractivity contribution in [2.75, 3.05) is 7.11 Å². The first-order valence-corrected chi connectivity index (χ1v) is 9.49. The third kappa shape index (κ3) is 4.77. The number of hydrogen-bond acceptors (Lipinski definition) is 5. The van der Waals surface area contributed by atoms with Crippen molar-refractivity contribution in [3.8, 4) is 11.5 Å². The van der Waals surface area contributed by atoms with Gasteiger partial charge < -0.3 is 19.3 Å². The van der Waals surface area contributed by atoms with E-state index in [4.69, 9.17) is 14.0 Å². The Morgan fingerprint density at radius 3 is 2.48 bits per heavy atom. The molecule has 3 rings (SSSR count). The third-order valence-electron chi connectivity index (χ3n) is 4.88. The van der Waals surface area contributed by atoms with Gasteiger partial charge in [0.25, 0.3) is 5.91 Å². The van der Waals surface area contributed by atoms with Crippen molar-refractivity contribution in [2.24, 2.45) is 0 Å². The molecule has 1 amide bonds. The third-order valence-corrected chi connectivity index (χ3v) is 4.88. The van der Waals surface area contributed by atoms with Crippen LogP contribution in [0.4, 0.5) is 0 Å². The van der Waals surface area contributed by atoms with E-state index in [2.05, 4.69) is 10.5 Å².